The molecule has 3 aromatic rings. The molecule has 1 saturated heterocycles. The molecule has 4 rings (SSSR count). The molecule has 1 aromatic heterocycles. The number of nitrogens with one attached hydrogen (secondary N) is 1. The predicted octanol–water partition coefficient (Wildman–Crippen LogP) is 1.79. The zero-order valence-electron chi connectivity index (χ0n) is 17.0. The summed E-state index contributed by atoms with van der Waals surface area (Å²) in [5.74, 6) is 1.00. The number of nitrogens with zero attached hydrogens (tertiary/aromatic N) is 3. The first-order valence-electron chi connectivity index (χ1n) is 10.0. The lowest BCUT2D eigenvalue weighted by molar-refractivity contribution is -0.917. The van der Waals surface area contributed by atoms with Gasteiger partial charge in [-0.1, -0.05) is 18.2 Å². The van der Waals surface area contributed by atoms with Crippen LogP contribution in [0.5, 0.6) is 5.75 Å². The fourth-order valence-electron chi connectivity index (χ4n) is 3.83. The number of hydrogen-bond acceptors (Lipinski definition) is 3. The van der Waals surface area contributed by atoms with E-state index in [1.54, 1.807) is 14.0 Å². The van der Waals surface area contributed by atoms with Gasteiger partial charge < -0.3 is 14.5 Å². The second kappa shape index (κ2) is 8.49. The number of benzene rings is 2. The van der Waals surface area contributed by atoms with Crippen molar-refractivity contribution in [3.63, 3.8) is 0 Å². The minimum atomic E-state index is 0.167. The molecule has 29 heavy (non-hydrogen) atoms. The van der Waals surface area contributed by atoms with Crippen molar-refractivity contribution in [2.45, 2.75) is 13.5 Å². The first kappa shape index (κ1) is 19.2. The zero-order chi connectivity index (χ0) is 20.2. The maximum Gasteiger partial charge on any atom is 0.219 e. The number of piperazine rings is 1. The Morgan fingerprint density at radius 3 is 2.38 bits per heavy atom. The molecular formula is C23H27N4O2+. The van der Waals surface area contributed by atoms with Crippen LogP contribution in [0.15, 0.2) is 60.8 Å². The first-order valence-corrected chi connectivity index (χ1v) is 10.0. The number of aromatic nitrogens is 2. The van der Waals surface area contributed by atoms with Gasteiger partial charge in [-0.2, -0.15) is 5.10 Å². The molecule has 0 bridgehead atoms. The Hall–Kier alpha value is -3.12. The first-order chi connectivity index (χ1) is 14.1. The van der Waals surface area contributed by atoms with Gasteiger partial charge in [-0.15, -0.1) is 0 Å². The molecule has 1 amide bonds. The molecule has 6 heteroatoms. The Labute approximate surface area is 171 Å². The van der Waals surface area contributed by atoms with Crippen molar-refractivity contribution in [1.29, 1.82) is 0 Å². The number of methoxy groups -OCH3 is 1. The molecule has 2 aromatic carbocycles. The van der Waals surface area contributed by atoms with Gasteiger partial charge in [0.2, 0.25) is 5.91 Å². The summed E-state index contributed by atoms with van der Waals surface area (Å²) in [6.07, 6.45) is 2.14. The van der Waals surface area contributed by atoms with Gasteiger partial charge in [-0.3, -0.25) is 4.79 Å². The van der Waals surface area contributed by atoms with Gasteiger partial charge in [-0.05, 0) is 36.4 Å². The smallest absolute Gasteiger partial charge is 0.219 e. The Kier molecular flexibility index (Phi) is 5.62. The number of quaternary nitrogens is 1. The van der Waals surface area contributed by atoms with E-state index in [-0.39, 0.29) is 5.91 Å². The summed E-state index contributed by atoms with van der Waals surface area (Å²) in [5.41, 5.74) is 4.34. The minimum Gasteiger partial charge on any atom is -0.497 e. The lowest BCUT2D eigenvalue weighted by Gasteiger charge is -2.31. The zero-order valence-corrected chi connectivity index (χ0v) is 17.0. The fourth-order valence-corrected chi connectivity index (χ4v) is 3.83. The average molecular weight is 391 g/mol. The Morgan fingerprint density at radius 1 is 1.07 bits per heavy atom. The molecule has 0 spiro atoms. The number of para-hydroxylation sites is 1. The average Bonchev–Trinajstić information content (AvgIpc) is 3.18. The molecule has 150 valence electrons. The van der Waals surface area contributed by atoms with Crippen LogP contribution in [0.1, 0.15) is 12.5 Å². The van der Waals surface area contributed by atoms with Crippen molar-refractivity contribution < 1.29 is 14.4 Å². The van der Waals surface area contributed by atoms with E-state index in [2.05, 4.69) is 30.5 Å². The van der Waals surface area contributed by atoms with Gasteiger partial charge in [0.1, 0.15) is 18.0 Å². The molecule has 0 unspecified atom stereocenters. The molecule has 0 radical (unpaired) electrons. The summed E-state index contributed by atoms with van der Waals surface area (Å²) in [5, 5.41) is 4.91. The van der Waals surface area contributed by atoms with Crippen LogP contribution < -0.4 is 9.64 Å². The quantitative estimate of drug-likeness (QED) is 0.722. The molecule has 1 aliphatic heterocycles. The maximum atomic E-state index is 11.6. The topological polar surface area (TPSA) is 51.8 Å². The maximum absolute atomic E-state index is 11.6. The molecular weight excluding hydrogens is 364 g/mol. The molecule has 0 saturated carbocycles. The third kappa shape index (κ3) is 4.32. The van der Waals surface area contributed by atoms with Crippen molar-refractivity contribution in [2.24, 2.45) is 0 Å². The van der Waals surface area contributed by atoms with Crippen LogP contribution in [0.25, 0.3) is 16.9 Å². The summed E-state index contributed by atoms with van der Waals surface area (Å²) in [7, 11) is 1.68. The summed E-state index contributed by atoms with van der Waals surface area (Å²) in [4.78, 5) is 15.0. The monoisotopic (exact) mass is 391 g/mol. The minimum absolute atomic E-state index is 0.167. The number of hydrogen-bond donors (Lipinski definition) is 1. The summed E-state index contributed by atoms with van der Waals surface area (Å²) in [6.45, 7) is 6.08. The van der Waals surface area contributed by atoms with Gasteiger partial charge in [-0.25, -0.2) is 4.68 Å². The largest absolute Gasteiger partial charge is 0.497 e. The van der Waals surface area contributed by atoms with E-state index in [1.807, 2.05) is 39.9 Å². The standard InChI is InChI=1S/C23H26N4O2/c1-18(28)26-14-12-25(13-15-26)16-20-17-27(21-6-4-3-5-7-21)24-23(20)19-8-10-22(29-2)11-9-19/h3-11,17H,12-16H2,1-2H3/p+1. The third-order valence-corrected chi connectivity index (χ3v) is 5.53. The number of amides is 1. The normalized spacial score (nSPS) is 14.8. The van der Waals surface area contributed by atoms with Crippen LogP contribution in [0.2, 0.25) is 0 Å². The van der Waals surface area contributed by atoms with Gasteiger partial charge in [0.05, 0.1) is 44.5 Å². The molecule has 2 heterocycles. The highest BCUT2D eigenvalue weighted by Crippen LogP contribution is 2.25. The number of ether oxygens (including phenoxy) is 1. The van der Waals surface area contributed by atoms with Crippen LogP contribution in [0, 0.1) is 0 Å². The van der Waals surface area contributed by atoms with Gasteiger partial charge in [0.15, 0.2) is 0 Å². The Bertz CT molecular complexity index is 958. The summed E-state index contributed by atoms with van der Waals surface area (Å²) < 4.78 is 7.26. The van der Waals surface area contributed by atoms with E-state index in [1.165, 1.54) is 10.5 Å². The van der Waals surface area contributed by atoms with E-state index in [0.717, 1.165) is 55.4 Å². The van der Waals surface area contributed by atoms with E-state index >= 15 is 0 Å². The van der Waals surface area contributed by atoms with Crippen molar-refractivity contribution in [1.82, 2.24) is 14.7 Å². The van der Waals surface area contributed by atoms with Crippen LogP contribution in [-0.2, 0) is 11.3 Å². The number of rotatable bonds is 5. The number of carbonyl (C=O) groups excluding carboxylic acids is 1. The predicted molar refractivity (Wildman–Crippen MR) is 112 cm³/mol. The van der Waals surface area contributed by atoms with Crippen LogP contribution >= 0.6 is 0 Å². The SMILES string of the molecule is COc1ccc(-c2nn(-c3ccccc3)cc2C[NH+]2CCN(C(C)=O)CC2)cc1. The Balaban J connectivity index is 1.62. The van der Waals surface area contributed by atoms with Crippen molar-refractivity contribution in [2.75, 3.05) is 33.3 Å². The summed E-state index contributed by atoms with van der Waals surface area (Å²) in [6, 6.07) is 18.2. The van der Waals surface area contributed by atoms with Crippen LogP contribution in [0.4, 0.5) is 0 Å². The highest BCUT2D eigenvalue weighted by atomic mass is 16.5. The van der Waals surface area contributed by atoms with Crippen molar-refractivity contribution in [3.8, 4) is 22.7 Å². The molecule has 1 aliphatic rings. The highest BCUT2D eigenvalue weighted by Gasteiger charge is 2.24. The molecule has 6 nitrogen and oxygen atoms in total. The summed E-state index contributed by atoms with van der Waals surface area (Å²) >= 11 is 0. The number of carbonyl (C=O) groups is 1. The van der Waals surface area contributed by atoms with Gasteiger partial charge >= 0.3 is 0 Å². The van der Waals surface area contributed by atoms with Crippen LogP contribution in [0.3, 0.4) is 0 Å². The van der Waals surface area contributed by atoms with E-state index < -0.39 is 0 Å². The third-order valence-electron chi connectivity index (χ3n) is 5.53. The van der Waals surface area contributed by atoms with Crippen LogP contribution in [-0.4, -0.2) is 53.9 Å². The lowest BCUT2D eigenvalue weighted by Crippen LogP contribution is -3.13. The van der Waals surface area contributed by atoms with E-state index in [9.17, 15) is 4.79 Å². The molecule has 1 fully saturated rings. The molecule has 0 atom stereocenters. The van der Waals surface area contributed by atoms with Crippen molar-refractivity contribution in [3.05, 3.63) is 66.4 Å². The second-order valence-corrected chi connectivity index (χ2v) is 7.44. The highest BCUT2D eigenvalue weighted by molar-refractivity contribution is 5.73. The van der Waals surface area contributed by atoms with Gasteiger partial charge in [0.25, 0.3) is 0 Å². The lowest BCUT2D eigenvalue weighted by atomic mass is 10.1. The van der Waals surface area contributed by atoms with E-state index in [4.69, 9.17) is 9.84 Å². The molecule has 0 aliphatic carbocycles. The van der Waals surface area contributed by atoms with E-state index in [0.29, 0.717) is 0 Å². The molecule has 1 N–H and O–H groups in total. The van der Waals surface area contributed by atoms with Gasteiger partial charge in [0, 0.05) is 18.7 Å². The second-order valence-electron chi connectivity index (χ2n) is 7.44. The Morgan fingerprint density at radius 2 is 1.76 bits per heavy atom. The van der Waals surface area contributed by atoms with Crippen molar-refractivity contribution >= 4 is 5.91 Å². The fraction of sp³-hybridized carbons (Fsp3) is 0.304.